The van der Waals surface area contributed by atoms with Crippen LogP contribution in [0.4, 0.5) is 0 Å². The fraction of sp³-hybridized carbons (Fsp3) is 0.958. The zero-order valence-corrected chi connectivity index (χ0v) is 18.1. The topological polar surface area (TPSA) is 46.5 Å². The Morgan fingerprint density at radius 1 is 1.04 bits per heavy atom. The molecule has 0 spiro atoms. The van der Waals surface area contributed by atoms with E-state index in [9.17, 15) is 9.90 Å². The molecule has 3 heteroatoms. The number of hydrogen-bond donors (Lipinski definition) is 1. The molecule has 154 valence electrons. The normalized spacial score (nSPS) is 53.9. The van der Waals surface area contributed by atoms with Gasteiger partial charge < -0.3 is 9.84 Å². The molecule has 27 heavy (non-hydrogen) atoms. The van der Waals surface area contributed by atoms with Crippen LogP contribution in [0.3, 0.4) is 0 Å². The van der Waals surface area contributed by atoms with Gasteiger partial charge >= 0.3 is 0 Å². The number of aliphatic hydroxyl groups excluding tert-OH is 1. The first kappa shape index (κ1) is 19.9. The summed E-state index contributed by atoms with van der Waals surface area (Å²) < 4.78 is 5.98. The van der Waals surface area contributed by atoms with E-state index >= 15 is 0 Å². The number of aliphatic hydroxyl groups is 1. The Kier molecular flexibility index (Phi) is 4.83. The first-order chi connectivity index (χ1) is 12.7. The highest BCUT2D eigenvalue weighted by Gasteiger charge is 2.68. The van der Waals surface area contributed by atoms with E-state index < -0.39 is 6.10 Å². The Morgan fingerprint density at radius 2 is 1.67 bits per heavy atom. The molecule has 4 aliphatic rings. The van der Waals surface area contributed by atoms with E-state index in [1.807, 2.05) is 7.11 Å². The van der Waals surface area contributed by atoms with Gasteiger partial charge in [-0.3, -0.25) is 4.79 Å². The molecule has 4 fully saturated rings. The van der Waals surface area contributed by atoms with Crippen molar-refractivity contribution in [2.24, 2.45) is 39.9 Å². The van der Waals surface area contributed by atoms with Gasteiger partial charge in [0.05, 0.1) is 12.2 Å². The minimum absolute atomic E-state index is 0.0142. The van der Waals surface area contributed by atoms with E-state index in [1.54, 1.807) is 0 Å². The van der Waals surface area contributed by atoms with Crippen molar-refractivity contribution in [3.05, 3.63) is 0 Å². The lowest BCUT2D eigenvalue weighted by atomic mass is 9.43. The van der Waals surface area contributed by atoms with Crippen LogP contribution in [0, 0.1) is 39.9 Å². The third-order valence-corrected chi connectivity index (χ3v) is 10.4. The second-order valence-electron chi connectivity index (χ2n) is 11.0. The number of methoxy groups -OCH3 is 1. The summed E-state index contributed by atoms with van der Waals surface area (Å²) >= 11 is 0. The molecule has 3 unspecified atom stereocenters. The number of rotatable bonds is 2. The molecule has 4 rings (SSSR count). The Bertz CT molecular complexity index is 596. The number of hydrogen-bond acceptors (Lipinski definition) is 3. The molecule has 2 bridgehead atoms. The molecule has 0 aromatic heterocycles. The predicted molar refractivity (Wildman–Crippen MR) is 107 cm³/mol. The second-order valence-corrected chi connectivity index (χ2v) is 11.0. The van der Waals surface area contributed by atoms with Gasteiger partial charge in [0.15, 0.2) is 0 Å². The maximum atomic E-state index is 14.0. The van der Waals surface area contributed by atoms with Crippen LogP contribution in [0.1, 0.15) is 85.5 Å². The Labute approximate surface area is 165 Å². The summed E-state index contributed by atoms with van der Waals surface area (Å²) in [4.78, 5) is 14.0. The highest BCUT2D eigenvalue weighted by Crippen LogP contribution is 2.69. The van der Waals surface area contributed by atoms with Gasteiger partial charge in [-0.05, 0) is 68.1 Å². The summed E-state index contributed by atoms with van der Waals surface area (Å²) in [5, 5.41) is 11.7. The molecule has 0 aromatic carbocycles. The number of carbonyl (C=O) groups excluding carboxylic acids is 1. The summed E-state index contributed by atoms with van der Waals surface area (Å²) in [6.07, 6.45) is 9.56. The summed E-state index contributed by atoms with van der Waals surface area (Å²) in [5.74, 6) is 1.74. The summed E-state index contributed by atoms with van der Waals surface area (Å²) in [5.41, 5.74) is -0.513. The fourth-order valence-electron chi connectivity index (χ4n) is 8.41. The quantitative estimate of drug-likeness (QED) is 0.738. The van der Waals surface area contributed by atoms with Crippen molar-refractivity contribution < 1.29 is 14.6 Å². The minimum atomic E-state index is -0.421. The van der Waals surface area contributed by atoms with Crippen LogP contribution in [0.5, 0.6) is 0 Å². The molecular weight excluding hydrogens is 336 g/mol. The van der Waals surface area contributed by atoms with Gasteiger partial charge in [-0.2, -0.15) is 0 Å². The molecule has 4 saturated carbocycles. The number of ketones is 1. The van der Waals surface area contributed by atoms with Crippen LogP contribution < -0.4 is 0 Å². The van der Waals surface area contributed by atoms with E-state index in [1.165, 1.54) is 12.8 Å². The molecule has 3 nitrogen and oxygen atoms in total. The molecule has 0 radical (unpaired) electrons. The van der Waals surface area contributed by atoms with Crippen molar-refractivity contribution >= 4 is 5.78 Å². The van der Waals surface area contributed by atoms with Gasteiger partial charge in [-0.25, -0.2) is 0 Å². The zero-order chi connectivity index (χ0) is 19.6. The van der Waals surface area contributed by atoms with Crippen molar-refractivity contribution in [2.45, 2.75) is 97.7 Å². The number of Topliss-reactive ketones (excluding diaryl/α,β-unsaturated/α-hetero) is 1. The van der Waals surface area contributed by atoms with Gasteiger partial charge in [0.25, 0.3) is 0 Å². The SMILES string of the molecule is COC1CCC23CC[C@@H](C)[C@](C)(C12)[C@H](O)C[C@@](C)(C1CCCC1)C(=O)[C@@H]3C. The first-order valence-electron chi connectivity index (χ1n) is 11.5. The van der Waals surface area contributed by atoms with E-state index in [-0.39, 0.29) is 28.3 Å². The molecule has 0 heterocycles. The second kappa shape index (κ2) is 6.55. The van der Waals surface area contributed by atoms with E-state index in [0.717, 1.165) is 38.5 Å². The third-order valence-electron chi connectivity index (χ3n) is 10.4. The maximum Gasteiger partial charge on any atom is 0.142 e. The molecule has 0 aromatic rings. The zero-order valence-electron chi connectivity index (χ0n) is 18.1. The Balaban J connectivity index is 1.85. The number of carbonyl (C=O) groups is 1. The monoisotopic (exact) mass is 376 g/mol. The Hall–Kier alpha value is -0.410. The summed E-state index contributed by atoms with van der Waals surface area (Å²) in [6, 6.07) is 0. The van der Waals surface area contributed by atoms with E-state index in [0.29, 0.717) is 30.0 Å². The largest absolute Gasteiger partial charge is 0.393 e. The Morgan fingerprint density at radius 3 is 2.30 bits per heavy atom. The maximum absolute atomic E-state index is 14.0. The molecular formula is C24H40O3. The third kappa shape index (κ3) is 2.49. The van der Waals surface area contributed by atoms with Crippen LogP contribution in [-0.2, 0) is 9.53 Å². The first-order valence-corrected chi connectivity index (χ1v) is 11.5. The number of ether oxygens (including phenoxy) is 1. The highest BCUT2D eigenvalue weighted by atomic mass is 16.5. The van der Waals surface area contributed by atoms with Crippen LogP contribution in [0.25, 0.3) is 0 Å². The lowest BCUT2D eigenvalue weighted by molar-refractivity contribution is -0.195. The van der Waals surface area contributed by atoms with Crippen LogP contribution in [0.2, 0.25) is 0 Å². The standard InChI is InChI=1S/C24H40O3/c1-15-10-12-24-13-11-18(27-5)20(24)23(15,4)19(25)14-22(3,21(26)16(24)2)17-8-6-7-9-17/h15-20,25H,6-14H2,1-5H3/t15-,16+,18?,19-,20?,22+,23+,24?/m1/s1. The van der Waals surface area contributed by atoms with Crippen LogP contribution >= 0.6 is 0 Å². The van der Waals surface area contributed by atoms with Crippen molar-refractivity contribution in [3.63, 3.8) is 0 Å². The van der Waals surface area contributed by atoms with Gasteiger partial charge in [-0.1, -0.05) is 40.5 Å². The van der Waals surface area contributed by atoms with Crippen molar-refractivity contribution in [3.8, 4) is 0 Å². The van der Waals surface area contributed by atoms with Gasteiger partial charge in [0.1, 0.15) is 5.78 Å². The van der Waals surface area contributed by atoms with Gasteiger partial charge in [-0.15, -0.1) is 0 Å². The minimum Gasteiger partial charge on any atom is -0.393 e. The molecule has 8 atom stereocenters. The molecule has 0 aliphatic heterocycles. The van der Waals surface area contributed by atoms with Crippen LogP contribution in [0.15, 0.2) is 0 Å². The lowest BCUT2D eigenvalue weighted by Gasteiger charge is -2.62. The van der Waals surface area contributed by atoms with E-state index in [4.69, 9.17) is 4.74 Å². The predicted octanol–water partition coefficient (Wildman–Crippen LogP) is 5.00. The molecule has 4 aliphatic carbocycles. The lowest BCUT2D eigenvalue weighted by Crippen LogP contribution is -2.63. The van der Waals surface area contributed by atoms with E-state index in [2.05, 4.69) is 27.7 Å². The average Bonchev–Trinajstić information content (AvgIpc) is 3.31. The smallest absolute Gasteiger partial charge is 0.142 e. The molecule has 1 N–H and O–H groups in total. The average molecular weight is 377 g/mol. The fourth-order valence-corrected chi connectivity index (χ4v) is 8.41. The summed E-state index contributed by atoms with van der Waals surface area (Å²) in [6.45, 7) is 9.10. The highest BCUT2D eigenvalue weighted by molar-refractivity contribution is 5.88. The van der Waals surface area contributed by atoms with Crippen molar-refractivity contribution in [1.82, 2.24) is 0 Å². The van der Waals surface area contributed by atoms with Crippen molar-refractivity contribution in [1.29, 1.82) is 0 Å². The molecule has 0 saturated heterocycles. The van der Waals surface area contributed by atoms with Gasteiger partial charge in [0.2, 0.25) is 0 Å². The van der Waals surface area contributed by atoms with Gasteiger partial charge in [0, 0.05) is 23.9 Å². The molecule has 0 amide bonds. The van der Waals surface area contributed by atoms with Crippen molar-refractivity contribution in [2.75, 3.05) is 7.11 Å². The van der Waals surface area contributed by atoms with Crippen LogP contribution in [-0.4, -0.2) is 30.2 Å². The summed E-state index contributed by atoms with van der Waals surface area (Å²) in [7, 11) is 1.83.